The van der Waals surface area contributed by atoms with Gasteiger partial charge in [-0.3, -0.25) is 9.59 Å². The predicted molar refractivity (Wildman–Crippen MR) is 94.1 cm³/mol. The summed E-state index contributed by atoms with van der Waals surface area (Å²) in [5.74, 6) is -1.14. The molecule has 6 nitrogen and oxygen atoms in total. The number of carbonyl (C=O) groups is 2. The van der Waals surface area contributed by atoms with E-state index in [0.29, 0.717) is 5.75 Å². The van der Waals surface area contributed by atoms with E-state index in [9.17, 15) is 14.0 Å². The number of nitrogens with one attached hydrogen (secondary N) is 2. The molecule has 0 aliphatic heterocycles. The molecule has 2 aromatic carbocycles. The van der Waals surface area contributed by atoms with E-state index in [-0.39, 0.29) is 18.5 Å². The quantitative estimate of drug-likeness (QED) is 0.473. The standard InChI is InChI=1S/C19H18FN3O3/c20-15-3-1-2-14(10-15)12-26-17-8-4-13(5-9-17)11-21-23-19(25)18(24)22-16-6-7-16/h1-5,8-11,16H,6-7,12H2,(H,22,24)(H,23,25)/b21-11-. The molecule has 1 saturated carbocycles. The monoisotopic (exact) mass is 355 g/mol. The molecule has 0 radical (unpaired) electrons. The summed E-state index contributed by atoms with van der Waals surface area (Å²) in [7, 11) is 0. The van der Waals surface area contributed by atoms with Gasteiger partial charge in [0.1, 0.15) is 18.2 Å². The van der Waals surface area contributed by atoms with E-state index in [4.69, 9.17) is 4.74 Å². The molecule has 1 aliphatic rings. The van der Waals surface area contributed by atoms with Crippen molar-refractivity contribution in [3.05, 3.63) is 65.5 Å². The molecular formula is C19H18FN3O3. The molecule has 1 aliphatic carbocycles. The van der Waals surface area contributed by atoms with Gasteiger partial charge >= 0.3 is 11.8 Å². The molecule has 0 saturated heterocycles. The molecule has 0 aromatic heterocycles. The second kappa shape index (κ2) is 8.24. The Morgan fingerprint density at radius 3 is 2.62 bits per heavy atom. The van der Waals surface area contributed by atoms with Gasteiger partial charge in [0.25, 0.3) is 0 Å². The van der Waals surface area contributed by atoms with Crippen molar-refractivity contribution in [1.29, 1.82) is 0 Å². The van der Waals surface area contributed by atoms with Crippen LogP contribution in [-0.4, -0.2) is 24.1 Å². The summed E-state index contributed by atoms with van der Waals surface area (Å²) in [6, 6.07) is 13.3. The summed E-state index contributed by atoms with van der Waals surface area (Å²) in [6.45, 7) is 0.261. The van der Waals surface area contributed by atoms with E-state index in [1.165, 1.54) is 18.3 Å². The number of benzene rings is 2. The summed E-state index contributed by atoms with van der Waals surface area (Å²) in [5.41, 5.74) is 3.65. The van der Waals surface area contributed by atoms with Gasteiger partial charge in [0, 0.05) is 6.04 Å². The smallest absolute Gasteiger partial charge is 0.329 e. The molecule has 2 aromatic rings. The number of hydrogen-bond acceptors (Lipinski definition) is 4. The van der Waals surface area contributed by atoms with Gasteiger partial charge in [-0.25, -0.2) is 9.82 Å². The van der Waals surface area contributed by atoms with Crippen LogP contribution in [-0.2, 0) is 16.2 Å². The van der Waals surface area contributed by atoms with Crippen LogP contribution in [0.25, 0.3) is 0 Å². The van der Waals surface area contributed by atoms with Crippen molar-refractivity contribution >= 4 is 18.0 Å². The number of amides is 2. The van der Waals surface area contributed by atoms with Gasteiger partial charge < -0.3 is 10.1 Å². The van der Waals surface area contributed by atoms with Crippen LogP contribution in [0.3, 0.4) is 0 Å². The fraction of sp³-hybridized carbons (Fsp3) is 0.211. The van der Waals surface area contributed by atoms with Gasteiger partial charge in [0.2, 0.25) is 0 Å². The average molecular weight is 355 g/mol. The third-order valence-electron chi connectivity index (χ3n) is 3.67. The Kier molecular flexibility index (Phi) is 5.58. The van der Waals surface area contributed by atoms with Crippen LogP contribution in [0.4, 0.5) is 4.39 Å². The number of ether oxygens (including phenoxy) is 1. The number of halogens is 1. The lowest BCUT2D eigenvalue weighted by atomic mass is 10.2. The largest absolute Gasteiger partial charge is 0.489 e. The van der Waals surface area contributed by atoms with Crippen molar-refractivity contribution in [3.63, 3.8) is 0 Å². The van der Waals surface area contributed by atoms with Crippen molar-refractivity contribution in [2.24, 2.45) is 5.10 Å². The second-order valence-corrected chi connectivity index (χ2v) is 5.93. The first kappa shape index (κ1) is 17.6. The van der Waals surface area contributed by atoms with Gasteiger partial charge in [-0.15, -0.1) is 0 Å². The first-order chi connectivity index (χ1) is 12.6. The first-order valence-corrected chi connectivity index (χ1v) is 8.21. The lowest BCUT2D eigenvalue weighted by Crippen LogP contribution is -2.38. The normalized spacial score (nSPS) is 13.4. The third-order valence-corrected chi connectivity index (χ3v) is 3.67. The second-order valence-electron chi connectivity index (χ2n) is 5.93. The molecule has 0 atom stereocenters. The van der Waals surface area contributed by atoms with E-state index in [2.05, 4.69) is 15.8 Å². The molecular weight excluding hydrogens is 337 g/mol. The minimum atomic E-state index is -0.789. The Morgan fingerprint density at radius 2 is 1.92 bits per heavy atom. The van der Waals surface area contributed by atoms with Crippen LogP contribution in [0, 0.1) is 5.82 Å². The first-order valence-electron chi connectivity index (χ1n) is 8.21. The van der Waals surface area contributed by atoms with Crippen molar-refractivity contribution in [2.45, 2.75) is 25.5 Å². The molecule has 0 bridgehead atoms. The Hall–Kier alpha value is -3.22. The molecule has 134 valence electrons. The highest BCUT2D eigenvalue weighted by Gasteiger charge is 2.26. The molecule has 3 rings (SSSR count). The van der Waals surface area contributed by atoms with Crippen LogP contribution in [0.15, 0.2) is 53.6 Å². The van der Waals surface area contributed by atoms with Crippen LogP contribution < -0.4 is 15.5 Å². The lowest BCUT2D eigenvalue weighted by molar-refractivity contribution is -0.139. The molecule has 7 heteroatoms. The van der Waals surface area contributed by atoms with E-state index in [1.807, 2.05) is 0 Å². The number of hydrogen-bond donors (Lipinski definition) is 2. The molecule has 0 unspecified atom stereocenters. The van der Waals surface area contributed by atoms with Gasteiger partial charge in [-0.2, -0.15) is 5.10 Å². The Balaban J connectivity index is 1.46. The zero-order valence-electron chi connectivity index (χ0n) is 13.9. The van der Waals surface area contributed by atoms with Gasteiger partial charge in [-0.05, 0) is 60.4 Å². The number of nitrogens with zero attached hydrogens (tertiary/aromatic N) is 1. The lowest BCUT2D eigenvalue weighted by Gasteiger charge is -2.06. The molecule has 2 N–H and O–H groups in total. The van der Waals surface area contributed by atoms with Crippen LogP contribution >= 0.6 is 0 Å². The van der Waals surface area contributed by atoms with E-state index in [1.54, 1.807) is 36.4 Å². The highest BCUT2D eigenvalue weighted by molar-refractivity contribution is 6.35. The zero-order valence-corrected chi connectivity index (χ0v) is 13.9. The molecule has 1 fully saturated rings. The van der Waals surface area contributed by atoms with Crippen molar-refractivity contribution in [3.8, 4) is 5.75 Å². The third kappa shape index (κ3) is 5.41. The van der Waals surface area contributed by atoms with Crippen molar-refractivity contribution in [1.82, 2.24) is 10.7 Å². The minimum Gasteiger partial charge on any atom is -0.489 e. The summed E-state index contributed by atoms with van der Waals surface area (Å²) in [6.07, 6.45) is 3.25. The Bertz CT molecular complexity index is 817. The summed E-state index contributed by atoms with van der Waals surface area (Å²) in [5, 5.41) is 6.33. The molecule has 0 spiro atoms. The molecule has 26 heavy (non-hydrogen) atoms. The summed E-state index contributed by atoms with van der Waals surface area (Å²) in [4.78, 5) is 23.0. The topological polar surface area (TPSA) is 79.8 Å². The maximum Gasteiger partial charge on any atom is 0.329 e. The Labute approximate surface area is 150 Å². The van der Waals surface area contributed by atoms with Crippen LogP contribution in [0.5, 0.6) is 5.75 Å². The van der Waals surface area contributed by atoms with Gasteiger partial charge in [-0.1, -0.05) is 12.1 Å². The number of carbonyl (C=O) groups excluding carboxylic acids is 2. The summed E-state index contributed by atoms with van der Waals surface area (Å²) >= 11 is 0. The fourth-order valence-corrected chi connectivity index (χ4v) is 2.14. The molecule has 2 amide bonds. The van der Waals surface area contributed by atoms with E-state index in [0.717, 1.165) is 24.0 Å². The highest BCUT2D eigenvalue weighted by atomic mass is 19.1. The Morgan fingerprint density at radius 1 is 1.15 bits per heavy atom. The van der Waals surface area contributed by atoms with Crippen molar-refractivity contribution in [2.75, 3.05) is 0 Å². The van der Waals surface area contributed by atoms with Gasteiger partial charge in [0.05, 0.1) is 6.21 Å². The summed E-state index contributed by atoms with van der Waals surface area (Å²) < 4.78 is 18.7. The molecule has 0 heterocycles. The fourth-order valence-electron chi connectivity index (χ4n) is 2.14. The van der Waals surface area contributed by atoms with Gasteiger partial charge in [0.15, 0.2) is 0 Å². The van der Waals surface area contributed by atoms with Crippen LogP contribution in [0.1, 0.15) is 24.0 Å². The average Bonchev–Trinajstić information content (AvgIpc) is 3.45. The minimum absolute atomic E-state index is 0.122. The van der Waals surface area contributed by atoms with Crippen LogP contribution in [0.2, 0.25) is 0 Å². The number of hydrazone groups is 1. The highest BCUT2D eigenvalue weighted by Crippen LogP contribution is 2.18. The maximum absolute atomic E-state index is 13.1. The maximum atomic E-state index is 13.1. The van der Waals surface area contributed by atoms with Crippen molar-refractivity contribution < 1.29 is 18.7 Å². The SMILES string of the molecule is O=C(N/N=C\c1ccc(OCc2cccc(F)c2)cc1)C(=O)NC1CC1. The zero-order chi connectivity index (χ0) is 18.4. The predicted octanol–water partition coefficient (Wildman–Crippen LogP) is 2.13. The van der Waals surface area contributed by atoms with E-state index >= 15 is 0 Å². The van der Waals surface area contributed by atoms with E-state index < -0.39 is 11.8 Å². The number of rotatable bonds is 6.